The molecule has 0 spiro atoms. The van der Waals surface area contributed by atoms with Crippen molar-refractivity contribution < 1.29 is 14.3 Å². The maximum atomic E-state index is 12.4. The first-order valence-corrected chi connectivity index (χ1v) is 8.22. The maximum absolute atomic E-state index is 12.4. The van der Waals surface area contributed by atoms with Gasteiger partial charge in [-0.15, -0.1) is 0 Å². The van der Waals surface area contributed by atoms with Crippen LogP contribution in [0.3, 0.4) is 0 Å². The number of hydrogen-bond donors (Lipinski definition) is 1. The molecule has 0 radical (unpaired) electrons. The molecule has 0 aliphatic heterocycles. The van der Waals surface area contributed by atoms with Gasteiger partial charge >= 0.3 is 5.97 Å². The van der Waals surface area contributed by atoms with Crippen molar-refractivity contribution in [2.45, 2.75) is 19.8 Å². The molecule has 0 saturated heterocycles. The number of nitrogens with zero attached hydrogens (tertiary/aromatic N) is 2. The molecule has 0 bridgehead atoms. The number of nitrogens with one attached hydrogen (secondary N) is 1. The number of carbonyl (C=O) groups is 2. The second-order valence-corrected chi connectivity index (χ2v) is 5.67. The third-order valence-corrected chi connectivity index (χ3v) is 3.78. The van der Waals surface area contributed by atoms with Gasteiger partial charge in [0, 0.05) is 25.5 Å². The summed E-state index contributed by atoms with van der Waals surface area (Å²) in [4.78, 5) is 30.1. The first-order chi connectivity index (χ1) is 12.1. The van der Waals surface area contributed by atoms with Gasteiger partial charge in [-0.3, -0.25) is 9.78 Å². The van der Waals surface area contributed by atoms with Crippen LogP contribution in [-0.4, -0.2) is 42.5 Å². The largest absolute Gasteiger partial charge is 0.465 e. The number of methoxy groups -OCH3 is 1. The lowest BCUT2D eigenvalue weighted by molar-refractivity contribution is 0.0601. The lowest BCUT2D eigenvalue weighted by Crippen LogP contribution is -2.28. The minimum Gasteiger partial charge on any atom is -0.465 e. The van der Waals surface area contributed by atoms with Crippen molar-refractivity contribution in [3.8, 4) is 0 Å². The van der Waals surface area contributed by atoms with Crippen LogP contribution in [0.1, 0.15) is 40.6 Å². The molecule has 1 N–H and O–H groups in total. The standard InChI is InChI=1S/C19H23N3O3/c1-4-5-12-22(2)18(23)17-13-14(10-11-20-17)21-16-9-7-6-8-15(16)19(24)25-3/h6-11,13H,4-5,12H2,1-3H3,(H,20,21). The van der Waals surface area contributed by atoms with E-state index in [1.165, 1.54) is 7.11 Å². The molecular weight excluding hydrogens is 318 g/mol. The number of amides is 1. The first-order valence-electron chi connectivity index (χ1n) is 8.22. The van der Waals surface area contributed by atoms with Crippen LogP contribution in [-0.2, 0) is 4.74 Å². The zero-order valence-corrected chi connectivity index (χ0v) is 14.8. The Morgan fingerprint density at radius 2 is 2.00 bits per heavy atom. The molecule has 0 fully saturated rings. The van der Waals surface area contributed by atoms with Crippen molar-refractivity contribution in [3.63, 3.8) is 0 Å². The summed E-state index contributed by atoms with van der Waals surface area (Å²) in [5.74, 6) is -0.550. The van der Waals surface area contributed by atoms with Crippen LogP contribution >= 0.6 is 0 Å². The second-order valence-electron chi connectivity index (χ2n) is 5.67. The highest BCUT2D eigenvalue weighted by atomic mass is 16.5. The molecule has 1 amide bonds. The van der Waals surface area contributed by atoms with E-state index in [1.54, 1.807) is 48.5 Å². The van der Waals surface area contributed by atoms with Crippen LogP contribution in [0.4, 0.5) is 11.4 Å². The zero-order chi connectivity index (χ0) is 18.2. The number of esters is 1. The van der Waals surface area contributed by atoms with Gasteiger partial charge in [0.2, 0.25) is 0 Å². The fourth-order valence-corrected chi connectivity index (χ4v) is 2.35. The minimum atomic E-state index is -0.423. The van der Waals surface area contributed by atoms with Crippen LogP contribution in [0.25, 0.3) is 0 Å². The number of hydrogen-bond acceptors (Lipinski definition) is 5. The molecule has 1 aromatic carbocycles. The van der Waals surface area contributed by atoms with Gasteiger partial charge in [0.1, 0.15) is 5.69 Å². The molecule has 0 unspecified atom stereocenters. The third kappa shape index (κ3) is 4.79. The molecule has 1 heterocycles. The molecule has 132 valence electrons. The highest BCUT2D eigenvalue weighted by Crippen LogP contribution is 2.22. The lowest BCUT2D eigenvalue weighted by atomic mass is 10.1. The number of carbonyl (C=O) groups excluding carboxylic acids is 2. The Morgan fingerprint density at radius 3 is 2.72 bits per heavy atom. The number of benzene rings is 1. The van der Waals surface area contributed by atoms with E-state index in [0.717, 1.165) is 12.8 Å². The van der Waals surface area contributed by atoms with Gasteiger partial charge in [-0.2, -0.15) is 0 Å². The summed E-state index contributed by atoms with van der Waals surface area (Å²) in [6.07, 6.45) is 3.55. The Balaban J connectivity index is 2.20. The predicted molar refractivity (Wildman–Crippen MR) is 97.2 cm³/mol. The van der Waals surface area contributed by atoms with E-state index in [9.17, 15) is 9.59 Å². The van der Waals surface area contributed by atoms with E-state index in [1.807, 2.05) is 6.07 Å². The number of para-hydroxylation sites is 1. The summed E-state index contributed by atoms with van der Waals surface area (Å²) in [5.41, 5.74) is 2.07. The Morgan fingerprint density at radius 1 is 1.24 bits per heavy atom. The zero-order valence-electron chi connectivity index (χ0n) is 14.8. The molecule has 0 aliphatic carbocycles. The number of unbranched alkanes of at least 4 members (excludes halogenated alkanes) is 1. The predicted octanol–water partition coefficient (Wildman–Crippen LogP) is 3.48. The summed E-state index contributed by atoms with van der Waals surface area (Å²) in [6.45, 7) is 2.78. The second kappa shape index (κ2) is 8.82. The number of ether oxygens (including phenoxy) is 1. The van der Waals surface area contributed by atoms with E-state index in [2.05, 4.69) is 17.2 Å². The number of aromatic nitrogens is 1. The number of anilines is 2. The van der Waals surface area contributed by atoms with Gasteiger partial charge in [-0.1, -0.05) is 25.5 Å². The molecule has 2 aromatic rings. The molecule has 0 atom stereocenters. The topological polar surface area (TPSA) is 71.5 Å². The van der Waals surface area contributed by atoms with Crippen molar-refractivity contribution in [2.75, 3.05) is 26.0 Å². The minimum absolute atomic E-state index is 0.127. The molecule has 6 heteroatoms. The van der Waals surface area contributed by atoms with E-state index in [0.29, 0.717) is 29.2 Å². The molecule has 25 heavy (non-hydrogen) atoms. The monoisotopic (exact) mass is 341 g/mol. The van der Waals surface area contributed by atoms with Gasteiger partial charge < -0.3 is 15.0 Å². The van der Waals surface area contributed by atoms with Gasteiger partial charge in [0.15, 0.2) is 0 Å². The van der Waals surface area contributed by atoms with Crippen molar-refractivity contribution >= 4 is 23.3 Å². The highest BCUT2D eigenvalue weighted by Gasteiger charge is 2.15. The van der Waals surface area contributed by atoms with Crippen molar-refractivity contribution in [1.82, 2.24) is 9.88 Å². The van der Waals surface area contributed by atoms with E-state index < -0.39 is 5.97 Å². The molecule has 1 aromatic heterocycles. The summed E-state index contributed by atoms with van der Waals surface area (Å²) < 4.78 is 4.79. The Hall–Kier alpha value is -2.89. The maximum Gasteiger partial charge on any atom is 0.339 e. The van der Waals surface area contributed by atoms with Gasteiger partial charge in [0.05, 0.1) is 18.4 Å². The van der Waals surface area contributed by atoms with Crippen LogP contribution in [0.2, 0.25) is 0 Å². The molecule has 2 rings (SSSR count). The average Bonchev–Trinajstić information content (AvgIpc) is 2.65. The summed E-state index contributed by atoms with van der Waals surface area (Å²) >= 11 is 0. The van der Waals surface area contributed by atoms with Gasteiger partial charge in [0.25, 0.3) is 5.91 Å². The van der Waals surface area contributed by atoms with Gasteiger partial charge in [-0.25, -0.2) is 4.79 Å². The molecule has 0 aliphatic rings. The molecule has 6 nitrogen and oxygen atoms in total. The summed E-state index contributed by atoms with van der Waals surface area (Å²) in [7, 11) is 3.11. The van der Waals surface area contributed by atoms with Crippen LogP contribution in [0.15, 0.2) is 42.6 Å². The summed E-state index contributed by atoms with van der Waals surface area (Å²) in [6, 6.07) is 10.5. The van der Waals surface area contributed by atoms with Gasteiger partial charge in [-0.05, 0) is 30.7 Å². The molecule has 0 saturated carbocycles. The van der Waals surface area contributed by atoms with Crippen molar-refractivity contribution in [2.24, 2.45) is 0 Å². The average molecular weight is 341 g/mol. The van der Waals surface area contributed by atoms with E-state index in [-0.39, 0.29) is 5.91 Å². The fraction of sp³-hybridized carbons (Fsp3) is 0.316. The Bertz CT molecular complexity index is 746. The van der Waals surface area contributed by atoms with E-state index in [4.69, 9.17) is 4.74 Å². The number of pyridine rings is 1. The SMILES string of the molecule is CCCCN(C)C(=O)c1cc(Nc2ccccc2C(=O)OC)ccn1. The lowest BCUT2D eigenvalue weighted by Gasteiger charge is -2.17. The van der Waals surface area contributed by atoms with Crippen LogP contribution in [0.5, 0.6) is 0 Å². The quantitative estimate of drug-likeness (QED) is 0.781. The third-order valence-electron chi connectivity index (χ3n) is 3.78. The fourth-order valence-electron chi connectivity index (χ4n) is 2.35. The van der Waals surface area contributed by atoms with Crippen LogP contribution in [0, 0.1) is 0 Å². The highest BCUT2D eigenvalue weighted by molar-refractivity contribution is 5.97. The number of rotatable bonds is 7. The van der Waals surface area contributed by atoms with Crippen molar-refractivity contribution in [3.05, 3.63) is 53.9 Å². The summed E-state index contributed by atoms with van der Waals surface area (Å²) in [5, 5.41) is 3.15. The molecular formula is C19H23N3O3. The van der Waals surface area contributed by atoms with Crippen molar-refractivity contribution in [1.29, 1.82) is 0 Å². The normalized spacial score (nSPS) is 10.2. The first kappa shape index (κ1) is 18.4. The Labute approximate surface area is 147 Å². The Kier molecular flexibility index (Phi) is 6.51. The van der Waals surface area contributed by atoms with Crippen LogP contribution < -0.4 is 5.32 Å². The van der Waals surface area contributed by atoms with E-state index >= 15 is 0 Å². The smallest absolute Gasteiger partial charge is 0.339 e.